The predicted octanol–water partition coefficient (Wildman–Crippen LogP) is 1.07. The molecule has 0 radical (unpaired) electrons. The molecule has 0 amide bonds. The number of phenols is 1. The molecule has 1 aromatic carbocycles. The number of aliphatic hydroxyl groups excluding tert-OH is 2. The molecule has 0 aliphatic rings. The molecule has 3 N–H and O–H groups in total. The summed E-state index contributed by atoms with van der Waals surface area (Å²) in [4.78, 5) is 0. The standard InChI is InChI=1S/C9H8BrNO3/c10-5-2-1-3-6(12)8(5)9(14)7(13)4-11/h1-3,7,9,12-14H. The van der Waals surface area contributed by atoms with E-state index in [0.29, 0.717) is 4.47 Å². The van der Waals surface area contributed by atoms with Crippen molar-refractivity contribution in [1.82, 2.24) is 0 Å². The number of hydrogen-bond donors (Lipinski definition) is 3. The molecule has 0 spiro atoms. The third-order valence-corrected chi connectivity index (χ3v) is 2.45. The first kappa shape index (κ1) is 11.0. The Morgan fingerprint density at radius 2 is 2.00 bits per heavy atom. The zero-order chi connectivity index (χ0) is 10.7. The van der Waals surface area contributed by atoms with Crippen molar-refractivity contribution in [2.24, 2.45) is 0 Å². The minimum atomic E-state index is -1.56. The molecule has 0 fully saturated rings. The minimum absolute atomic E-state index is 0.113. The van der Waals surface area contributed by atoms with Crippen molar-refractivity contribution >= 4 is 15.9 Å². The Hall–Kier alpha value is -1.09. The Labute approximate surface area is 89.2 Å². The van der Waals surface area contributed by atoms with E-state index < -0.39 is 12.2 Å². The Kier molecular flexibility index (Phi) is 3.47. The number of aliphatic hydroxyl groups is 2. The van der Waals surface area contributed by atoms with Gasteiger partial charge in [-0.1, -0.05) is 22.0 Å². The number of nitriles is 1. The van der Waals surface area contributed by atoms with Gasteiger partial charge in [0.15, 0.2) is 6.10 Å². The summed E-state index contributed by atoms with van der Waals surface area (Å²) in [5.41, 5.74) is 0.113. The summed E-state index contributed by atoms with van der Waals surface area (Å²) >= 11 is 3.10. The van der Waals surface area contributed by atoms with Crippen molar-refractivity contribution in [2.45, 2.75) is 12.2 Å². The van der Waals surface area contributed by atoms with Crippen LogP contribution in [-0.4, -0.2) is 21.4 Å². The van der Waals surface area contributed by atoms with Crippen molar-refractivity contribution in [3.8, 4) is 11.8 Å². The van der Waals surface area contributed by atoms with Crippen molar-refractivity contribution in [1.29, 1.82) is 5.26 Å². The highest BCUT2D eigenvalue weighted by atomic mass is 79.9. The van der Waals surface area contributed by atoms with Crippen LogP contribution in [0.4, 0.5) is 0 Å². The SMILES string of the molecule is N#CC(O)C(O)c1c(O)cccc1Br. The lowest BCUT2D eigenvalue weighted by atomic mass is 10.0. The van der Waals surface area contributed by atoms with E-state index in [-0.39, 0.29) is 11.3 Å². The Bertz CT molecular complexity index is 355. The average Bonchev–Trinajstić information content (AvgIpc) is 2.16. The number of rotatable bonds is 2. The second-order valence-electron chi connectivity index (χ2n) is 2.69. The largest absolute Gasteiger partial charge is 0.508 e. The lowest BCUT2D eigenvalue weighted by molar-refractivity contribution is 0.0506. The fourth-order valence-corrected chi connectivity index (χ4v) is 1.64. The van der Waals surface area contributed by atoms with Gasteiger partial charge in [0.2, 0.25) is 0 Å². The Morgan fingerprint density at radius 3 is 2.50 bits per heavy atom. The smallest absolute Gasteiger partial charge is 0.170 e. The fraction of sp³-hybridized carbons (Fsp3) is 0.222. The molecule has 0 saturated heterocycles. The molecular weight excluding hydrogens is 250 g/mol. The third-order valence-electron chi connectivity index (χ3n) is 1.76. The Morgan fingerprint density at radius 1 is 1.36 bits per heavy atom. The summed E-state index contributed by atoms with van der Waals surface area (Å²) in [6, 6.07) is 6.04. The van der Waals surface area contributed by atoms with E-state index >= 15 is 0 Å². The highest BCUT2D eigenvalue weighted by molar-refractivity contribution is 9.10. The van der Waals surface area contributed by atoms with Gasteiger partial charge in [0.1, 0.15) is 11.9 Å². The molecular formula is C9H8BrNO3. The minimum Gasteiger partial charge on any atom is -0.508 e. The van der Waals surface area contributed by atoms with Crippen LogP contribution < -0.4 is 0 Å². The molecule has 0 aliphatic heterocycles. The van der Waals surface area contributed by atoms with E-state index in [1.165, 1.54) is 12.1 Å². The molecule has 2 atom stereocenters. The number of phenolic OH excluding ortho intramolecular Hbond substituents is 1. The molecule has 0 bridgehead atoms. The van der Waals surface area contributed by atoms with Crippen LogP contribution in [0.25, 0.3) is 0 Å². The van der Waals surface area contributed by atoms with Crippen molar-refractivity contribution < 1.29 is 15.3 Å². The van der Waals surface area contributed by atoms with Crippen LogP contribution in [0.3, 0.4) is 0 Å². The molecule has 2 unspecified atom stereocenters. The van der Waals surface area contributed by atoms with Crippen LogP contribution in [0.2, 0.25) is 0 Å². The zero-order valence-corrected chi connectivity index (χ0v) is 8.64. The van der Waals surface area contributed by atoms with Gasteiger partial charge < -0.3 is 15.3 Å². The molecule has 0 aromatic heterocycles. The summed E-state index contributed by atoms with van der Waals surface area (Å²) < 4.78 is 0.444. The van der Waals surface area contributed by atoms with Gasteiger partial charge in [-0.3, -0.25) is 0 Å². The number of nitrogens with zero attached hydrogens (tertiary/aromatic N) is 1. The summed E-state index contributed by atoms with van der Waals surface area (Å²) in [5.74, 6) is -0.166. The second kappa shape index (κ2) is 4.42. The first-order chi connectivity index (χ1) is 6.57. The van der Waals surface area contributed by atoms with E-state index in [1.807, 2.05) is 0 Å². The number of aromatic hydroxyl groups is 1. The first-order valence-electron chi connectivity index (χ1n) is 3.81. The summed E-state index contributed by atoms with van der Waals surface area (Å²) in [6.07, 6.45) is -2.98. The van der Waals surface area contributed by atoms with Crippen LogP contribution in [0, 0.1) is 11.3 Å². The van der Waals surface area contributed by atoms with Gasteiger partial charge in [-0.05, 0) is 12.1 Å². The maximum atomic E-state index is 9.49. The quantitative estimate of drug-likeness (QED) is 0.693. The van der Waals surface area contributed by atoms with E-state index in [9.17, 15) is 10.2 Å². The molecule has 0 saturated carbocycles. The van der Waals surface area contributed by atoms with Gasteiger partial charge >= 0.3 is 0 Å². The highest BCUT2D eigenvalue weighted by Crippen LogP contribution is 2.32. The molecule has 74 valence electrons. The van der Waals surface area contributed by atoms with Crippen molar-refractivity contribution in [2.75, 3.05) is 0 Å². The van der Waals surface area contributed by atoms with Gasteiger partial charge in [0.05, 0.1) is 6.07 Å². The lowest BCUT2D eigenvalue weighted by Gasteiger charge is -2.14. The number of hydrogen-bond acceptors (Lipinski definition) is 4. The van der Waals surface area contributed by atoms with Crippen LogP contribution in [0.15, 0.2) is 22.7 Å². The molecule has 5 heteroatoms. The molecule has 0 heterocycles. The second-order valence-corrected chi connectivity index (χ2v) is 3.55. The van der Waals surface area contributed by atoms with Crippen LogP contribution in [-0.2, 0) is 0 Å². The Balaban J connectivity index is 3.13. The maximum Gasteiger partial charge on any atom is 0.170 e. The predicted molar refractivity (Wildman–Crippen MR) is 52.4 cm³/mol. The first-order valence-corrected chi connectivity index (χ1v) is 4.60. The van der Waals surface area contributed by atoms with Gasteiger partial charge in [0.25, 0.3) is 0 Å². The van der Waals surface area contributed by atoms with Crippen LogP contribution in [0.1, 0.15) is 11.7 Å². The van der Waals surface area contributed by atoms with E-state index in [0.717, 1.165) is 0 Å². The molecule has 1 aromatic rings. The van der Waals surface area contributed by atoms with Crippen LogP contribution >= 0.6 is 15.9 Å². The number of halogens is 1. The van der Waals surface area contributed by atoms with Crippen molar-refractivity contribution in [3.63, 3.8) is 0 Å². The summed E-state index contributed by atoms with van der Waals surface area (Å²) in [7, 11) is 0. The van der Waals surface area contributed by atoms with E-state index in [1.54, 1.807) is 12.1 Å². The van der Waals surface area contributed by atoms with E-state index in [2.05, 4.69) is 15.9 Å². The lowest BCUT2D eigenvalue weighted by Crippen LogP contribution is -2.16. The van der Waals surface area contributed by atoms with E-state index in [4.69, 9.17) is 10.4 Å². The molecule has 14 heavy (non-hydrogen) atoms. The van der Waals surface area contributed by atoms with Gasteiger partial charge in [-0.25, -0.2) is 0 Å². The normalized spacial score (nSPS) is 14.4. The van der Waals surface area contributed by atoms with Crippen molar-refractivity contribution in [3.05, 3.63) is 28.2 Å². The maximum absolute atomic E-state index is 9.49. The zero-order valence-electron chi connectivity index (χ0n) is 7.05. The third kappa shape index (κ3) is 2.04. The topological polar surface area (TPSA) is 84.5 Å². The molecule has 0 aliphatic carbocycles. The average molecular weight is 258 g/mol. The molecule has 1 rings (SSSR count). The van der Waals surface area contributed by atoms with Gasteiger partial charge in [-0.2, -0.15) is 5.26 Å². The summed E-state index contributed by atoms with van der Waals surface area (Å²) in [6.45, 7) is 0. The monoisotopic (exact) mass is 257 g/mol. The van der Waals surface area contributed by atoms with Gasteiger partial charge in [0, 0.05) is 10.0 Å². The van der Waals surface area contributed by atoms with Gasteiger partial charge in [-0.15, -0.1) is 0 Å². The van der Waals surface area contributed by atoms with Crippen LogP contribution in [0.5, 0.6) is 5.75 Å². The summed E-state index contributed by atoms with van der Waals surface area (Å²) in [5, 5.41) is 36.4. The fourth-order valence-electron chi connectivity index (χ4n) is 1.05. The molecule has 4 nitrogen and oxygen atoms in total. The number of benzene rings is 1. The highest BCUT2D eigenvalue weighted by Gasteiger charge is 2.22.